The van der Waals surface area contributed by atoms with Crippen molar-refractivity contribution in [1.29, 1.82) is 5.26 Å². The molecule has 7 nitrogen and oxygen atoms in total. The van der Waals surface area contributed by atoms with Crippen LogP contribution in [0.3, 0.4) is 0 Å². The maximum Gasteiger partial charge on any atom is 0.311 e. The van der Waals surface area contributed by atoms with Crippen LogP contribution in [0.25, 0.3) is 11.1 Å². The molecule has 0 saturated heterocycles. The van der Waals surface area contributed by atoms with Gasteiger partial charge < -0.3 is 15.5 Å². The van der Waals surface area contributed by atoms with Gasteiger partial charge in [-0.05, 0) is 11.6 Å². The fourth-order valence-electron chi connectivity index (χ4n) is 3.11. The molecule has 0 radical (unpaired) electrons. The van der Waals surface area contributed by atoms with Crippen molar-refractivity contribution >= 4 is 80.8 Å². The third kappa shape index (κ3) is 3.68. The van der Waals surface area contributed by atoms with E-state index in [2.05, 4.69) is 16.4 Å². The van der Waals surface area contributed by atoms with Crippen molar-refractivity contribution in [3.63, 3.8) is 0 Å². The summed E-state index contributed by atoms with van der Waals surface area (Å²) in [7, 11) is 10.3. The van der Waals surface area contributed by atoms with E-state index in [4.69, 9.17) is 5.11 Å². The van der Waals surface area contributed by atoms with Gasteiger partial charge in [0.15, 0.2) is 5.69 Å². The molecular weight excluding hydrogens is 351 g/mol. The van der Waals surface area contributed by atoms with Crippen molar-refractivity contribution in [1.82, 2.24) is 10.3 Å². The third-order valence-corrected chi connectivity index (χ3v) is 5.07. The number of benzene rings is 1. The van der Waals surface area contributed by atoms with Gasteiger partial charge in [0.05, 0.1) is 11.4 Å². The van der Waals surface area contributed by atoms with Gasteiger partial charge in [-0.3, -0.25) is 9.59 Å². The highest BCUT2D eigenvalue weighted by Gasteiger charge is 2.30. The van der Waals surface area contributed by atoms with Gasteiger partial charge >= 0.3 is 5.97 Å². The monoisotopic (exact) mass is 369 g/mol. The lowest BCUT2D eigenvalue weighted by Crippen LogP contribution is -2.55. The summed E-state index contributed by atoms with van der Waals surface area (Å²) in [6.07, 6.45) is 1.44. The summed E-state index contributed by atoms with van der Waals surface area (Å²) in [5, 5.41) is 29.8. The lowest BCUT2D eigenvalue weighted by molar-refractivity contribution is -0.138. The van der Waals surface area contributed by atoms with Crippen molar-refractivity contribution in [2.45, 2.75) is 5.34 Å². The molecule has 2 aromatic rings. The first kappa shape index (κ1) is 21.3. The fraction of sp³-hybridized carbons (Fsp3) is 0.0667. The second kappa shape index (κ2) is 7.55. The summed E-state index contributed by atoms with van der Waals surface area (Å²) < 4.78 is 0. The van der Waals surface area contributed by atoms with Gasteiger partial charge in [-0.2, -0.15) is 5.26 Å². The van der Waals surface area contributed by atoms with Gasteiger partial charge in [-0.15, -0.1) is 0 Å². The van der Waals surface area contributed by atoms with Crippen molar-refractivity contribution in [2.75, 3.05) is 0 Å². The number of nitrogens with zero attached hydrogens (tertiary/aromatic N) is 2. The molecule has 13 heteroatoms. The molecule has 0 spiro atoms. The number of amides is 1. The summed E-state index contributed by atoms with van der Waals surface area (Å²) in [5.41, 5.74) is 5.27. The van der Waals surface area contributed by atoms with Gasteiger partial charge in [0.2, 0.25) is 0 Å². The Morgan fingerprint density at radius 1 is 1.11 bits per heavy atom. The highest BCUT2D eigenvalue weighted by molar-refractivity contribution is 6.62. The molecule has 0 aliphatic rings. The normalized spacial score (nSPS) is 10.8. The first-order valence-corrected chi connectivity index (χ1v) is 8.68. The van der Waals surface area contributed by atoms with Crippen molar-refractivity contribution in [2.24, 2.45) is 0 Å². The van der Waals surface area contributed by atoms with Crippen LogP contribution in [-0.4, -0.2) is 79.5 Å². The maximum atomic E-state index is 12.3. The fourth-order valence-corrected chi connectivity index (χ4v) is 3.11. The number of carbonyl (C=O) groups is 2. The van der Waals surface area contributed by atoms with Crippen LogP contribution in [0.5, 0.6) is 5.75 Å². The molecule has 0 atom stereocenters. The van der Waals surface area contributed by atoms with Crippen LogP contribution < -0.4 is 27.2 Å². The second-order valence-corrected chi connectivity index (χ2v) is 7.34. The van der Waals surface area contributed by atoms with Crippen molar-refractivity contribution in [3.05, 3.63) is 23.5 Å². The molecule has 0 aliphatic heterocycles. The zero-order chi connectivity index (χ0) is 21.4. The molecule has 134 valence electrons. The third-order valence-electron chi connectivity index (χ3n) is 5.07. The van der Waals surface area contributed by atoms with E-state index in [1.807, 2.05) is 31.4 Å². The smallest absolute Gasteiger partial charge is 0.311 e. The standard InChI is InChI=1S/C15H17B6N3O4/c16-8-5(2-22)9(17)11(19)10(18)7(8)4-1-6(25)12(23-3-4)13(26)24-15(20,21)14(27)28/h1,3,25H,16-21H2,(H,24,26)(H,27,28). The van der Waals surface area contributed by atoms with E-state index in [1.165, 1.54) is 28.0 Å². The predicted molar refractivity (Wildman–Crippen MR) is 124 cm³/mol. The topological polar surface area (TPSA) is 123 Å². The highest BCUT2D eigenvalue weighted by atomic mass is 16.4. The number of pyridine rings is 1. The minimum atomic E-state index is -1.51. The Kier molecular flexibility index (Phi) is 5.74. The molecule has 0 aliphatic carbocycles. The Hall–Kier alpha value is -3.01. The van der Waals surface area contributed by atoms with Crippen LogP contribution in [-0.2, 0) is 4.79 Å². The number of carbonyl (C=O) groups excluding carboxylic acids is 1. The van der Waals surface area contributed by atoms with E-state index in [9.17, 15) is 20.0 Å². The number of aromatic nitrogens is 1. The number of aromatic hydroxyl groups is 1. The molecule has 2 rings (SSSR count). The van der Waals surface area contributed by atoms with E-state index in [0.29, 0.717) is 11.1 Å². The van der Waals surface area contributed by atoms with E-state index < -0.39 is 17.2 Å². The molecule has 1 heterocycles. The summed E-state index contributed by atoms with van der Waals surface area (Å²) in [5.74, 6) is -2.36. The maximum absolute atomic E-state index is 12.3. The number of hydrogen-bond acceptors (Lipinski definition) is 5. The zero-order valence-corrected chi connectivity index (χ0v) is 16.8. The van der Waals surface area contributed by atoms with E-state index >= 15 is 0 Å². The molecule has 0 fully saturated rings. The van der Waals surface area contributed by atoms with Crippen LogP contribution in [0.1, 0.15) is 16.1 Å². The minimum Gasteiger partial charge on any atom is -0.505 e. The van der Waals surface area contributed by atoms with Crippen LogP contribution in [0, 0.1) is 11.3 Å². The molecule has 0 bridgehead atoms. The van der Waals surface area contributed by atoms with E-state index in [1.54, 1.807) is 0 Å². The number of rotatable bonds is 4. The number of carboxylic acids is 1. The Morgan fingerprint density at radius 2 is 1.71 bits per heavy atom. The number of aliphatic carboxylic acids is 1. The zero-order valence-electron chi connectivity index (χ0n) is 16.8. The number of hydrogen-bond donors (Lipinski definition) is 3. The molecule has 0 unspecified atom stereocenters. The van der Waals surface area contributed by atoms with Gasteiger partial charge in [-0.25, -0.2) is 4.98 Å². The first-order chi connectivity index (χ1) is 12.9. The Bertz CT molecular complexity index is 1050. The van der Waals surface area contributed by atoms with E-state index in [-0.39, 0.29) is 11.4 Å². The number of nitriles is 1. The molecule has 0 saturated carbocycles. The highest BCUT2D eigenvalue weighted by Crippen LogP contribution is 2.22. The van der Waals surface area contributed by atoms with Crippen LogP contribution in [0.15, 0.2) is 12.3 Å². The lowest BCUT2D eigenvalue weighted by atomic mass is 9.62. The quantitative estimate of drug-likeness (QED) is 0.461. The molecular formula is C15H17B6N3O4. The lowest BCUT2D eigenvalue weighted by Gasteiger charge is -2.22. The van der Waals surface area contributed by atoms with Crippen LogP contribution in [0.4, 0.5) is 0 Å². The molecule has 1 aromatic carbocycles. The molecule has 28 heavy (non-hydrogen) atoms. The Balaban J connectivity index is 2.55. The number of nitrogens with one attached hydrogen (secondary N) is 1. The molecule has 3 N–H and O–H groups in total. The van der Waals surface area contributed by atoms with Crippen LogP contribution >= 0.6 is 0 Å². The Morgan fingerprint density at radius 3 is 2.21 bits per heavy atom. The second-order valence-electron chi connectivity index (χ2n) is 7.34. The van der Waals surface area contributed by atoms with Gasteiger partial charge in [0.25, 0.3) is 5.91 Å². The van der Waals surface area contributed by atoms with Gasteiger partial charge in [0.1, 0.15) is 52.8 Å². The summed E-state index contributed by atoms with van der Waals surface area (Å²) in [6, 6.07) is 3.62. The predicted octanol–water partition coefficient (Wildman–Crippen LogP) is -7.91. The van der Waals surface area contributed by atoms with Gasteiger partial charge in [-0.1, -0.05) is 21.9 Å². The molecule has 1 aromatic heterocycles. The number of carboxylic acid groups (broad SMARTS) is 1. The minimum absolute atomic E-state index is 0.266. The first-order valence-electron chi connectivity index (χ1n) is 8.68. The SMILES string of the molecule is Bc1c(B)c(C#N)c(B)c(-c2cnc(C(=O)NC(B)(B)C(=O)O)c(O)c2)c1B. The summed E-state index contributed by atoms with van der Waals surface area (Å²) >= 11 is 0. The largest absolute Gasteiger partial charge is 0.505 e. The van der Waals surface area contributed by atoms with Gasteiger partial charge in [0, 0.05) is 17.3 Å². The van der Waals surface area contributed by atoms with Crippen molar-refractivity contribution in [3.8, 4) is 22.9 Å². The average Bonchev–Trinajstić information content (AvgIpc) is 2.60. The summed E-state index contributed by atoms with van der Waals surface area (Å²) in [6.45, 7) is 0. The van der Waals surface area contributed by atoms with Crippen molar-refractivity contribution < 1.29 is 19.8 Å². The molecule has 1 amide bonds. The Labute approximate surface area is 168 Å². The van der Waals surface area contributed by atoms with E-state index in [0.717, 1.165) is 27.4 Å². The van der Waals surface area contributed by atoms with Crippen LogP contribution in [0.2, 0.25) is 0 Å². The average molecular weight is 368 g/mol. The summed E-state index contributed by atoms with van der Waals surface area (Å²) in [4.78, 5) is 27.6.